The van der Waals surface area contributed by atoms with Gasteiger partial charge < -0.3 is 15.7 Å². The third-order valence-corrected chi connectivity index (χ3v) is 3.85. The SMILES string of the molecule is CC(C)(CC(=O)O)NC(=O)NCC1CCSC1. The Bertz CT molecular complexity index is 288. The number of carbonyl (C=O) groups is 2. The third kappa shape index (κ3) is 5.81. The lowest BCUT2D eigenvalue weighted by molar-refractivity contribution is -0.138. The summed E-state index contributed by atoms with van der Waals surface area (Å²) in [5.41, 5.74) is -0.722. The van der Waals surface area contributed by atoms with Gasteiger partial charge in [-0.2, -0.15) is 11.8 Å². The Morgan fingerprint density at radius 1 is 1.47 bits per heavy atom. The van der Waals surface area contributed by atoms with Gasteiger partial charge in [0.15, 0.2) is 0 Å². The summed E-state index contributed by atoms with van der Waals surface area (Å²) < 4.78 is 0. The number of hydrogen-bond acceptors (Lipinski definition) is 3. The zero-order chi connectivity index (χ0) is 12.9. The van der Waals surface area contributed by atoms with Crippen molar-refractivity contribution in [3.05, 3.63) is 0 Å². The number of urea groups is 1. The first-order valence-electron chi connectivity index (χ1n) is 5.74. The summed E-state index contributed by atoms with van der Waals surface area (Å²) in [5, 5.41) is 14.2. The van der Waals surface area contributed by atoms with Gasteiger partial charge in [-0.05, 0) is 37.7 Å². The van der Waals surface area contributed by atoms with E-state index in [0.29, 0.717) is 12.5 Å². The van der Waals surface area contributed by atoms with Gasteiger partial charge in [0, 0.05) is 12.1 Å². The molecule has 0 saturated carbocycles. The number of carbonyl (C=O) groups excluding carboxylic acids is 1. The Balaban J connectivity index is 2.25. The van der Waals surface area contributed by atoms with Crippen LogP contribution in [-0.4, -0.2) is 40.7 Å². The molecule has 1 rings (SSSR count). The lowest BCUT2D eigenvalue weighted by Gasteiger charge is -2.24. The Labute approximate surface area is 106 Å². The van der Waals surface area contributed by atoms with E-state index in [1.54, 1.807) is 13.8 Å². The molecular formula is C11H20N2O3S. The van der Waals surface area contributed by atoms with Crippen LogP contribution in [0.4, 0.5) is 4.79 Å². The van der Waals surface area contributed by atoms with Crippen molar-refractivity contribution in [2.24, 2.45) is 5.92 Å². The smallest absolute Gasteiger partial charge is 0.315 e. The van der Waals surface area contributed by atoms with Crippen LogP contribution in [0.2, 0.25) is 0 Å². The van der Waals surface area contributed by atoms with E-state index in [9.17, 15) is 9.59 Å². The van der Waals surface area contributed by atoms with Crippen molar-refractivity contribution in [3.63, 3.8) is 0 Å². The zero-order valence-electron chi connectivity index (χ0n) is 10.3. The summed E-state index contributed by atoms with van der Waals surface area (Å²) >= 11 is 1.91. The fourth-order valence-corrected chi connectivity index (χ4v) is 3.04. The molecule has 5 nitrogen and oxygen atoms in total. The highest BCUT2D eigenvalue weighted by atomic mass is 32.2. The van der Waals surface area contributed by atoms with Gasteiger partial charge in [0.2, 0.25) is 0 Å². The minimum absolute atomic E-state index is 0.0836. The normalized spacial score (nSPS) is 20.0. The second-order valence-corrected chi connectivity index (χ2v) is 6.17. The first kappa shape index (κ1) is 14.2. The first-order chi connectivity index (χ1) is 7.89. The maximum atomic E-state index is 11.6. The average molecular weight is 260 g/mol. The van der Waals surface area contributed by atoms with E-state index >= 15 is 0 Å². The van der Waals surface area contributed by atoms with Crippen LogP contribution < -0.4 is 10.6 Å². The van der Waals surface area contributed by atoms with Crippen molar-refractivity contribution in [1.29, 1.82) is 0 Å². The maximum Gasteiger partial charge on any atom is 0.315 e. The fourth-order valence-electron chi connectivity index (χ4n) is 1.76. The van der Waals surface area contributed by atoms with Crippen LogP contribution in [-0.2, 0) is 4.79 Å². The first-order valence-corrected chi connectivity index (χ1v) is 6.90. The molecule has 0 aromatic carbocycles. The molecule has 0 spiro atoms. The lowest BCUT2D eigenvalue weighted by atomic mass is 10.0. The van der Waals surface area contributed by atoms with Crippen LogP contribution in [0, 0.1) is 5.92 Å². The topological polar surface area (TPSA) is 78.4 Å². The minimum atomic E-state index is -0.914. The lowest BCUT2D eigenvalue weighted by Crippen LogP contribution is -2.50. The molecule has 1 aliphatic heterocycles. The Morgan fingerprint density at radius 2 is 2.18 bits per heavy atom. The molecule has 1 unspecified atom stereocenters. The molecule has 1 aliphatic rings. The Hall–Kier alpha value is -0.910. The zero-order valence-corrected chi connectivity index (χ0v) is 11.1. The van der Waals surface area contributed by atoms with Crippen LogP contribution in [0.5, 0.6) is 0 Å². The van der Waals surface area contributed by atoms with Gasteiger partial charge in [-0.25, -0.2) is 4.79 Å². The number of carboxylic acids is 1. The summed E-state index contributed by atoms with van der Waals surface area (Å²) in [6.45, 7) is 4.07. The summed E-state index contributed by atoms with van der Waals surface area (Å²) in [6.07, 6.45) is 1.06. The molecule has 0 aromatic heterocycles. The molecule has 1 saturated heterocycles. The number of nitrogens with one attached hydrogen (secondary N) is 2. The van der Waals surface area contributed by atoms with Gasteiger partial charge in [0.25, 0.3) is 0 Å². The van der Waals surface area contributed by atoms with Gasteiger partial charge in [-0.1, -0.05) is 0 Å². The molecule has 98 valence electrons. The van der Waals surface area contributed by atoms with Crippen molar-refractivity contribution in [2.45, 2.75) is 32.2 Å². The van der Waals surface area contributed by atoms with Crippen molar-refractivity contribution < 1.29 is 14.7 Å². The molecule has 0 radical (unpaired) electrons. The van der Waals surface area contributed by atoms with E-state index in [0.717, 1.165) is 12.2 Å². The fraction of sp³-hybridized carbons (Fsp3) is 0.818. The largest absolute Gasteiger partial charge is 0.481 e. The standard InChI is InChI=1S/C11H20N2O3S/c1-11(2,5-9(14)15)13-10(16)12-6-8-3-4-17-7-8/h8H,3-7H2,1-2H3,(H,14,15)(H2,12,13,16). The molecule has 2 amide bonds. The van der Waals surface area contributed by atoms with Crippen molar-refractivity contribution in [2.75, 3.05) is 18.1 Å². The number of carboxylic acid groups (broad SMARTS) is 1. The quantitative estimate of drug-likeness (QED) is 0.696. The van der Waals surface area contributed by atoms with Gasteiger partial charge in [0.05, 0.1) is 6.42 Å². The molecular weight excluding hydrogens is 240 g/mol. The monoisotopic (exact) mass is 260 g/mol. The molecule has 17 heavy (non-hydrogen) atoms. The molecule has 0 bridgehead atoms. The van der Waals surface area contributed by atoms with Gasteiger partial charge in [0.1, 0.15) is 0 Å². The molecule has 0 aliphatic carbocycles. The highest BCUT2D eigenvalue weighted by molar-refractivity contribution is 7.99. The van der Waals surface area contributed by atoms with E-state index < -0.39 is 11.5 Å². The van der Waals surface area contributed by atoms with Gasteiger partial charge >= 0.3 is 12.0 Å². The van der Waals surface area contributed by atoms with E-state index in [1.165, 1.54) is 5.75 Å². The maximum absolute atomic E-state index is 11.6. The van der Waals surface area contributed by atoms with Crippen LogP contribution in [0.15, 0.2) is 0 Å². The van der Waals surface area contributed by atoms with E-state index in [2.05, 4.69) is 10.6 Å². The van der Waals surface area contributed by atoms with E-state index in [-0.39, 0.29) is 12.5 Å². The molecule has 0 aromatic rings. The summed E-state index contributed by atoms with van der Waals surface area (Å²) in [6, 6.07) is -0.284. The summed E-state index contributed by atoms with van der Waals surface area (Å²) in [5.74, 6) is 1.90. The average Bonchev–Trinajstić information content (AvgIpc) is 2.63. The predicted octanol–water partition coefficient (Wildman–Crippen LogP) is 1.29. The predicted molar refractivity (Wildman–Crippen MR) is 68.3 cm³/mol. The van der Waals surface area contributed by atoms with Crippen LogP contribution in [0.1, 0.15) is 26.7 Å². The van der Waals surface area contributed by atoms with E-state index in [1.807, 2.05) is 11.8 Å². The Morgan fingerprint density at radius 3 is 2.71 bits per heavy atom. The number of hydrogen-bond donors (Lipinski definition) is 3. The Kier molecular flexibility index (Phi) is 5.11. The number of amides is 2. The highest BCUT2D eigenvalue weighted by Crippen LogP contribution is 2.22. The number of thioether (sulfide) groups is 1. The van der Waals surface area contributed by atoms with Crippen LogP contribution in [0.3, 0.4) is 0 Å². The van der Waals surface area contributed by atoms with Crippen molar-refractivity contribution in [3.8, 4) is 0 Å². The van der Waals surface area contributed by atoms with Crippen LogP contribution >= 0.6 is 11.8 Å². The molecule has 1 fully saturated rings. The van der Waals surface area contributed by atoms with E-state index in [4.69, 9.17) is 5.11 Å². The van der Waals surface area contributed by atoms with Gasteiger partial charge in [-0.3, -0.25) is 4.79 Å². The summed E-state index contributed by atoms with van der Waals surface area (Å²) in [7, 11) is 0. The molecule has 1 heterocycles. The number of aliphatic carboxylic acids is 1. The van der Waals surface area contributed by atoms with Crippen LogP contribution in [0.25, 0.3) is 0 Å². The van der Waals surface area contributed by atoms with Gasteiger partial charge in [-0.15, -0.1) is 0 Å². The van der Waals surface area contributed by atoms with Crippen molar-refractivity contribution in [1.82, 2.24) is 10.6 Å². The second kappa shape index (κ2) is 6.14. The highest BCUT2D eigenvalue weighted by Gasteiger charge is 2.24. The minimum Gasteiger partial charge on any atom is -0.481 e. The molecule has 3 N–H and O–H groups in total. The molecule has 1 atom stereocenters. The number of rotatable bonds is 5. The molecule has 6 heteroatoms. The third-order valence-electron chi connectivity index (χ3n) is 2.62. The van der Waals surface area contributed by atoms with Crippen molar-refractivity contribution >= 4 is 23.8 Å². The second-order valence-electron chi connectivity index (χ2n) is 5.02. The summed E-state index contributed by atoms with van der Waals surface area (Å²) in [4.78, 5) is 22.2.